The van der Waals surface area contributed by atoms with Crippen molar-refractivity contribution >= 4 is 10.8 Å². The van der Waals surface area contributed by atoms with Crippen LogP contribution in [-0.4, -0.2) is 22.8 Å². The van der Waals surface area contributed by atoms with Crippen LogP contribution in [0, 0.1) is 5.92 Å². The third-order valence-electron chi connectivity index (χ3n) is 3.53. The van der Waals surface area contributed by atoms with Crippen molar-refractivity contribution in [1.29, 1.82) is 0 Å². The zero-order chi connectivity index (χ0) is 14.4. The number of nitrogens with zero attached hydrogens (tertiary/aromatic N) is 2. The van der Waals surface area contributed by atoms with Crippen molar-refractivity contribution in [1.82, 2.24) is 15.5 Å². The number of hydrogen-bond donors (Lipinski definition) is 1. The van der Waals surface area contributed by atoms with Gasteiger partial charge in [0.15, 0.2) is 0 Å². The minimum atomic E-state index is 0.482. The second kappa shape index (κ2) is 7.34. The van der Waals surface area contributed by atoms with Crippen molar-refractivity contribution in [3.8, 4) is 0 Å². The number of hydrogen-bond acceptors (Lipinski definition) is 3. The lowest BCUT2D eigenvalue weighted by Gasteiger charge is -2.20. The van der Waals surface area contributed by atoms with Gasteiger partial charge >= 0.3 is 0 Å². The maximum atomic E-state index is 4.37. The zero-order valence-electron chi connectivity index (χ0n) is 12.8. The highest BCUT2D eigenvalue weighted by Crippen LogP contribution is 2.18. The summed E-state index contributed by atoms with van der Waals surface area (Å²) < 4.78 is 0. The van der Waals surface area contributed by atoms with E-state index in [4.69, 9.17) is 0 Å². The van der Waals surface area contributed by atoms with Gasteiger partial charge in [-0.1, -0.05) is 45.0 Å². The molecular weight excluding hydrogens is 246 g/mol. The van der Waals surface area contributed by atoms with Gasteiger partial charge in [0, 0.05) is 23.2 Å². The quantitative estimate of drug-likeness (QED) is 0.836. The Morgan fingerprint density at radius 2 is 2.00 bits per heavy atom. The molecule has 0 saturated carbocycles. The highest BCUT2D eigenvalue weighted by molar-refractivity contribution is 5.83. The van der Waals surface area contributed by atoms with Gasteiger partial charge in [0.25, 0.3) is 0 Å². The van der Waals surface area contributed by atoms with Crippen LogP contribution < -0.4 is 5.32 Å². The fraction of sp³-hybridized carbons (Fsp3) is 0.529. The van der Waals surface area contributed by atoms with Crippen LogP contribution in [0.4, 0.5) is 0 Å². The Kier molecular flexibility index (Phi) is 5.48. The molecule has 1 aromatic heterocycles. The van der Waals surface area contributed by atoms with Gasteiger partial charge in [0.05, 0.1) is 11.9 Å². The van der Waals surface area contributed by atoms with Gasteiger partial charge in [-0.25, -0.2) is 0 Å². The highest BCUT2D eigenvalue weighted by atomic mass is 15.1. The van der Waals surface area contributed by atoms with E-state index in [0.717, 1.165) is 25.1 Å². The predicted octanol–water partition coefficient (Wildman–Crippen LogP) is 3.59. The number of rotatable bonds is 7. The molecule has 1 atom stereocenters. The van der Waals surface area contributed by atoms with Gasteiger partial charge in [0.1, 0.15) is 0 Å². The summed E-state index contributed by atoms with van der Waals surface area (Å²) in [5.74, 6) is 0.687. The second-order valence-electron chi connectivity index (χ2n) is 5.86. The molecule has 0 saturated heterocycles. The van der Waals surface area contributed by atoms with Crippen molar-refractivity contribution in [2.45, 2.75) is 46.1 Å². The molecule has 0 amide bonds. The van der Waals surface area contributed by atoms with Crippen LogP contribution in [0.5, 0.6) is 0 Å². The number of aromatic nitrogens is 2. The summed E-state index contributed by atoms with van der Waals surface area (Å²) in [4.78, 5) is 0. The fourth-order valence-electron chi connectivity index (χ4n) is 2.63. The van der Waals surface area contributed by atoms with Crippen LogP contribution in [0.25, 0.3) is 10.8 Å². The Balaban J connectivity index is 2.18. The van der Waals surface area contributed by atoms with Gasteiger partial charge in [-0.15, -0.1) is 0 Å². The molecule has 20 heavy (non-hydrogen) atoms. The van der Waals surface area contributed by atoms with E-state index in [-0.39, 0.29) is 0 Å². The topological polar surface area (TPSA) is 37.8 Å². The molecule has 0 aliphatic heterocycles. The first kappa shape index (κ1) is 14.9. The SMILES string of the molecule is CCCNC(Cc1nncc2ccccc12)CC(C)C. The van der Waals surface area contributed by atoms with E-state index in [9.17, 15) is 0 Å². The third-order valence-corrected chi connectivity index (χ3v) is 3.53. The number of nitrogens with one attached hydrogen (secondary N) is 1. The maximum Gasteiger partial charge on any atom is 0.0724 e. The van der Waals surface area contributed by atoms with Crippen molar-refractivity contribution in [2.75, 3.05) is 6.54 Å². The molecular formula is C17H25N3. The molecule has 3 nitrogen and oxygen atoms in total. The molecule has 2 aromatic rings. The lowest BCUT2D eigenvalue weighted by molar-refractivity contribution is 0.413. The van der Waals surface area contributed by atoms with Crippen LogP contribution in [-0.2, 0) is 6.42 Å². The first-order valence-corrected chi connectivity index (χ1v) is 7.63. The summed E-state index contributed by atoms with van der Waals surface area (Å²) >= 11 is 0. The summed E-state index contributed by atoms with van der Waals surface area (Å²) in [6, 6.07) is 8.85. The van der Waals surface area contributed by atoms with E-state index < -0.39 is 0 Å². The normalized spacial score (nSPS) is 13.0. The van der Waals surface area contributed by atoms with Gasteiger partial charge in [-0.05, 0) is 25.3 Å². The monoisotopic (exact) mass is 271 g/mol. The Bertz CT molecular complexity index is 531. The molecule has 1 N–H and O–H groups in total. The molecule has 1 heterocycles. The van der Waals surface area contributed by atoms with E-state index in [1.54, 1.807) is 0 Å². The molecule has 0 aliphatic rings. The molecule has 0 fully saturated rings. The van der Waals surface area contributed by atoms with Crippen LogP contribution in [0.15, 0.2) is 30.5 Å². The standard InChI is InChI=1S/C17H25N3/c1-4-9-18-15(10-13(2)3)11-17-16-8-6-5-7-14(16)12-19-20-17/h5-8,12-13,15,18H,4,9-11H2,1-3H3. The van der Waals surface area contributed by atoms with Crippen molar-refractivity contribution in [2.24, 2.45) is 5.92 Å². The fourth-order valence-corrected chi connectivity index (χ4v) is 2.63. The first-order valence-electron chi connectivity index (χ1n) is 7.63. The van der Waals surface area contributed by atoms with Crippen molar-refractivity contribution in [3.63, 3.8) is 0 Å². The molecule has 0 radical (unpaired) electrons. The van der Waals surface area contributed by atoms with Gasteiger partial charge in [-0.3, -0.25) is 0 Å². The van der Waals surface area contributed by atoms with Crippen molar-refractivity contribution in [3.05, 3.63) is 36.2 Å². The average molecular weight is 271 g/mol. The third kappa shape index (κ3) is 4.01. The minimum Gasteiger partial charge on any atom is -0.314 e. The summed E-state index contributed by atoms with van der Waals surface area (Å²) in [5.41, 5.74) is 1.11. The average Bonchev–Trinajstić information content (AvgIpc) is 2.44. The maximum absolute atomic E-state index is 4.37. The van der Waals surface area contributed by atoms with Crippen LogP contribution in [0.1, 0.15) is 39.3 Å². The first-order chi connectivity index (χ1) is 9.70. The predicted molar refractivity (Wildman–Crippen MR) is 84.8 cm³/mol. The van der Waals surface area contributed by atoms with E-state index in [0.29, 0.717) is 12.0 Å². The van der Waals surface area contributed by atoms with Gasteiger partial charge < -0.3 is 5.32 Å². The zero-order valence-corrected chi connectivity index (χ0v) is 12.8. The number of fused-ring (bicyclic) bond motifs is 1. The highest BCUT2D eigenvalue weighted by Gasteiger charge is 2.14. The van der Waals surface area contributed by atoms with Gasteiger partial charge in [0.2, 0.25) is 0 Å². The Morgan fingerprint density at radius 1 is 1.20 bits per heavy atom. The molecule has 0 aliphatic carbocycles. The Morgan fingerprint density at radius 3 is 2.75 bits per heavy atom. The lowest BCUT2D eigenvalue weighted by atomic mass is 9.97. The molecule has 3 heteroatoms. The lowest BCUT2D eigenvalue weighted by Crippen LogP contribution is -2.33. The molecule has 0 bridgehead atoms. The van der Waals surface area contributed by atoms with Crippen LogP contribution in [0.2, 0.25) is 0 Å². The number of benzene rings is 1. The summed E-state index contributed by atoms with van der Waals surface area (Å²) in [7, 11) is 0. The van der Waals surface area contributed by atoms with Crippen molar-refractivity contribution < 1.29 is 0 Å². The smallest absolute Gasteiger partial charge is 0.0724 e. The molecule has 1 unspecified atom stereocenters. The van der Waals surface area contributed by atoms with Crippen LogP contribution >= 0.6 is 0 Å². The summed E-state index contributed by atoms with van der Waals surface area (Å²) in [5, 5.41) is 14.6. The molecule has 0 spiro atoms. The Labute approximate surface area is 121 Å². The van der Waals surface area contributed by atoms with E-state index in [2.05, 4.69) is 60.6 Å². The summed E-state index contributed by atoms with van der Waals surface area (Å²) in [6.45, 7) is 7.82. The second-order valence-corrected chi connectivity index (χ2v) is 5.86. The van der Waals surface area contributed by atoms with E-state index >= 15 is 0 Å². The molecule has 2 rings (SSSR count). The van der Waals surface area contributed by atoms with E-state index in [1.807, 2.05) is 6.20 Å². The van der Waals surface area contributed by atoms with Crippen LogP contribution in [0.3, 0.4) is 0 Å². The summed E-state index contributed by atoms with van der Waals surface area (Å²) in [6.07, 6.45) is 5.13. The molecule has 1 aromatic carbocycles. The Hall–Kier alpha value is -1.48. The minimum absolute atomic E-state index is 0.482. The van der Waals surface area contributed by atoms with E-state index in [1.165, 1.54) is 17.2 Å². The largest absolute Gasteiger partial charge is 0.314 e. The molecule has 108 valence electrons. The van der Waals surface area contributed by atoms with Gasteiger partial charge in [-0.2, -0.15) is 10.2 Å².